The molecule has 4 aromatic rings. The van der Waals surface area contributed by atoms with Crippen molar-refractivity contribution in [2.24, 2.45) is 0 Å². The summed E-state index contributed by atoms with van der Waals surface area (Å²) in [5, 5.41) is 4.65. The Kier molecular flexibility index (Phi) is 5.49. The molecule has 0 bridgehead atoms. The van der Waals surface area contributed by atoms with Crippen LogP contribution in [0.1, 0.15) is 25.6 Å². The number of amides is 1. The van der Waals surface area contributed by atoms with E-state index in [-0.39, 0.29) is 5.91 Å². The molecule has 0 unspecified atom stereocenters. The number of hydrogen-bond acceptors (Lipinski definition) is 5. The number of esters is 1. The summed E-state index contributed by atoms with van der Waals surface area (Å²) in [6, 6.07) is 17.5. The van der Waals surface area contributed by atoms with Crippen LogP contribution in [0.15, 0.2) is 84.8 Å². The number of hydrogen-bond donors (Lipinski definition) is 1. The van der Waals surface area contributed by atoms with Crippen LogP contribution in [0.5, 0.6) is 5.75 Å². The van der Waals surface area contributed by atoms with E-state index in [1.807, 2.05) is 34.3 Å². The van der Waals surface area contributed by atoms with Crippen molar-refractivity contribution in [1.82, 2.24) is 9.55 Å². The van der Waals surface area contributed by atoms with E-state index in [9.17, 15) is 9.59 Å². The fraction of sp³-hybridized carbons (Fsp3) is 0.0455. The number of carbonyl (C=O) groups excluding carboxylic acids is 2. The Balaban J connectivity index is 1.35. The quantitative estimate of drug-likeness (QED) is 0.381. The van der Waals surface area contributed by atoms with Crippen molar-refractivity contribution in [1.29, 1.82) is 0 Å². The number of carbonyl (C=O) groups is 2. The van der Waals surface area contributed by atoms with Crippen molar-refractivity contribution < 1.29 is 14.3 Å². The summed E-state index contributed by atoms with van der Waals surface area (Å²) in [4.78, 5) is 29.1. The maximum absolute atomic E-state index is 12.4. The molecule has 0 atom stereocenters. The molecule has 0 aliphatic rings. The van der Waals surface area contributed by atoms with Crippen LogP contribution in [0.25, 0.3) is 0 Å². The lowest BCUT2D eigenvalue weighted by molar-refractivity contribution is 0.0734. The van der Waals surface area contributed by atoms with Gasteiger partial charge in [-0.1, -0.05) is 18.2 Å². The van der Waals surface area contributed by atoms with Gasteiger partial charge in [0, 0.05) is 24.6 Å². The van der Waals surface area contributed by atoms with Crippen LogP contribution in [-0.2, 0) is 6.54 Å². The monoisotopic (exact) mass is 403 g/mol. The fourth-order valence-corrected chi connectivity index (χ4v) is 3.33. The van der Waals surface area contributed by atoms with Gasteiger partial charge in [-0.25, -0.2) is 9.78 Å². The molecule has 2 aromatic heterocycles. The molecular weight excluding hydrogens is 386 g/mol. The van der Waals surface area contributed by atoms with Gasteiger partial charge in [0.05, 0.1) is 16.8 Å². The smallest absolute Gasteiger partial charge is 0.343 e. The Morgan fingerprint density at radius 2 is 1.83 bits per heavy atom. The number of imidazole rings is 1. The largest absolute Gasteiger partial charge is 0.423 e. The average molecular weight is 403 g/mol. The van der Waals surface area contributed by atoms with Gasteiger partial charge in [-0.05, 0) is 53.4 Å². The van der Waals surface area contributed by atoms with Crippen molar-refractivity contribution in [3.8, 4) is 5.75 Å². The number of benzene rings is 2. The molecule has 1 amide bonds. The summed E-state index contributed by atoms with van der Waals surface area (Å²) in [5.41, 5.74) is 2.16. The molecule has 2 heterocycles. The van der Waals surface area contributed by atoms with Crippen molar-refractivity contribution in [2.75, 3.05) is 5.32 Å². The minimum Gasteiger partial charge on any atom is -0.423 e. The Morgan fingerprint density at radius 3 is 2.48 bits per heavy atom. The summed E-state index contributed by atoms with van der Waals surface area (Å²) >= 11 is 1.38. The molecule has 0 radical (unpaired) electrons. The number of nitrogens with zero attached hydrogens (tertiary/aromatic N) is 2. The molecule has 2 aromatic carbocycles. The summed E-state index contributed by atoms with van der Waals surface area (Å²) < 4.78 is 7.36. The highest BCUT2D eigenvalue weighted by molar-refractivity contribution is 7.12. The average Bonchev–Trinajstić information content (AvgIpc) is 3.44. The first-order valence-corrected chi connectivity index (χ1v) is 9.77. The molecule has 0 aliphatic carbocycles. The molecule has 7 heteroatoms. The minimum atomic E-state index is -0.436. The second kappa shape index (κ2) is 8.53. The van der Waals surface area contributed by atoms with Crippen molar-refractivity contribution in [2.45, 2.75) is 6.54 Å². The van der Waals surface area contributed by atoms with E-state index in [1.54, 1.807) is 55.0 Å². The molecule has 0 fully saturated rings. The molecule has 144 valence electrons. The van der Waals surface area contributed by atoms with Crippen LogP contribution >= 0.6 is 11.3 Å². The van der Waals surface area contributed by atoms with Crippen molar-refractivity contribution in [3.05, 3.63) is 101 Å². The van der Waals surface area contributed by atoms with Gasteiger partial charge in [-0.3, -0.25) is 4.79 Å². The molecule has 1 N–H and O–H groups in total. The Labute approximate surface area is 171 Å². The van der Waals surface area contributed by atoms with Gasteiger partial charge in [0.15, 0.2) is 0 Å². The van der Waals surface area contributed by atoms with Crippen LogP contribution in [0.3, 0.4) is 0 Å². The zero-order valence-corrected chi connectivity index (χ0v) is 16.1. The lowest BCUT2D eigenvalue weighted by Gasteiger charge is -2.08. The van der Waals surface area contributed by atoms with Gasteiger partial charge >= 0.3 is 5.97 Å². The lowest BCUT2D eigenvalue weighted by Crippen LogP contribution is -2.11. The van der Waals surface area contributed by atoms with Gasteiger partial charge in [-0.2, -0.15) is 0 Å². The van der Waals surface area contributed by atoms with E-state index >= 15 is 0 Å². The van der Waals surface area contributed by atoms with Crippen molar-refractivity contribution >= 4 is 28.9 Å². The summed E-state index contributed by atoms with van der Waals surface area (Å²) in [7, 11) is 0. The molecule has 0 aliphatic heterocycles. The third kappa shape index (κ3) is 4.77. The topological polar surface area (TPSA) is 73.2 Å². The van der Waals surface area contributed by atoms with Crippen LogP contribution in [0.2, 0.25) is 0 Å². The number of ether oxygens (including phenoxy) is 1. The molecule has 4 rings (SSSR count). The van der Waals surface area contributed by atoms with Crippen LogP contribution in [0, 0.1) is 0 Å². The lowest BCUT2D eigenvalue weighted by atomic mass is 10.1. The van der Waals surface area contributed by atoms with E-state index < -0.39 is 5.97 Å². The van der Waals surface area contributed by atoms with Gasteiger partial charge in [-0.15, -0.1) is 11.3 Å². The van der Waals surface area contributed by atoms with E-state index in [0.29, 0.717) is 28.4 Å². The van der Waals surface area contributed by atoms with E-state index in [1.165, 1.54) is 11.3 Å². The highest BCUT2D eigenvalue weighted by Crippen LogP contribution is 2.19. The third-order valence-electron chi connectivity index (χ3n) is 4.18. The Bertz CT molecular complexity index is 1090. The van der Waals surface area contributed by atoms with E-state index in [0.717, 1.165) is 5.56 Å². The third-order valence-corrected chi connectivity index (χ3v) is 5.05. The Morgan fingerprint density at radius 1 is 1.03 bits per heavy atom. The first-order valence-electron chi connectivity index (χ1n) is 8.89. The summed E-state index contributed by atoms with van der Waals surface area (Å²) in [6.07, 6.45) is 5.36. The van der Waals surface area contributed by atoms with Gasteiger partial charge < -0.3 is 14.6 Å². The van der Waals surface area contributed by atoms with Gasteiger partial charge in [0.1, 0.15) is 5.75 Å². The number of anilines is 1. The summed E-state index contributed by atoms with van der Waals surface area (Å²) in [6.45, 7) is 0.688. The highest BCUT2D eigenvalue weighted by atomic mass is 32.1. The molecule has 29 heavy (non-hydrogen) atoms. The number of rotatable bonds is 6. The maximum Gasteiger partial charge on any atom is 0.343 e. The van der Waals surface area contributed by atoms with E-state index in [4.69, 9.17) is 4.74 Å². The Hall–Kier alpha value is -3.71. The highest BCUT2D eigenvalue weighted by Gasteiger charge is 2.10. The molecule has 0 spiro atoms. The molecule has 0 saturated heterocycles. The van der Waals surface area contributed by atoms with E-state index in [2.05, 4.69) is 10.3 Å². The van der Waals surface area contributed by atoms with Gasteiger partial charge in [0.2, 0.25) is 0 Å². The predicted octanol–water partition coefficient (Wildman–Crippen LogP) is 4.46. The van der Waals surface area contributed by atoms with Gasteiger partial charge in [0.25, 0.3) is 5.91 Å². The van der Waals surface area contributed by atoms with Crippen LogP contribution in [0.4, 0.5) is 5.69 Å². The molecule has 0 saturated carbocycles. The van der Waals surface area contributed by atoms with Crippen LogP contribution < -0.4 is 10.1 Å². The molecule has 6 nitrogen and oxygen atoms in total. The second-order valence-electron chi connectivity index (χ2n) is 6.28. The normalized spacial score (nSPS) is 10.5. The van der Waals surface area contributed by atoms with Crippen molar-refractivity contribution in [3.63, 3.8) is 0 Å². The summed E-state index contributed by atoms with van der Waals surface area (Å²) in [5.74, 6) is -0.193. The fourth-order valence-electron chi connectivity index (χ4n) is 2.71. The zero-order chi connectivity index (χ0) is 20.1. The molecular formula is C22H17N3O3S. The predicted molar refractivity (Wildman–Crippen MR) is 111 cm³/mol. The number of aromatic nitrogens is 2. The zero-order valence-electron chi connectivity index (χ0n) is 15.3. The minimum absolute atomic E-state index is 0.166. The second-order valence-corrected chi connectivity index (χ2v) is 7.22. The maximum atomic E-state index is 12.4. The first-order chi connectivity index (χ1) is 14.2. The SMILES string of the molecule is O=C(Oc1ccc(NC(=O)c2cccs2)cc1)c1ccc(Cn2ccnc2)cc1. The first kappa shape index (κ1) is 18.6. The number of thiophene rings is 1. The number of nitrogens with one attached hydrogen (secondary N) is 1. The van der Waals surface area contributed by atoms with Crippen LogP contribution in [-0.4, -0.2) is 21.4 Å². The standard InChI is InChI=1S/C22H17N3O3S/c26-21(20-2-1-13-29-20)24-18-7-9-19(10-8-18)28-22(27)17-5-3-16(4-6-17)14-25-12-11-23-15-25/h1-13,15H,14H2,(H,24,26).